The number of nitrogens with zero attached hydrogens (tertiary/aromatic N) is 1. The number of rotatable bonds is 2. The van der Waals surface area contributed by atoms with E-state index in [2.05, 4.69) is 45.2 Å². The van der Waals surface area contributed by atoms with Crippen LogP contribution in [0.4, 0.5) is 5.69 Å². The molecule has 0 spiro atoms. The third kappa shape index (κ3) is 3.58. The summed E-state index contributed by atoms with van der Waals surface area (Å²) in [6.45, 7) is 3.47. The number of esters is 1. The Balaban J connectivity index is 1.95. The minimum atomic E-state index is -3.93. The normalized spacial score (nSPS) is 26.9. The molecule has 1 heterocycles. The molecule has 3 atom stereocenters. The molecular formula is C21H21I2NO4S. The number of ether oxygens (including phenoxy) is 1. The molecular weight excluding hydrogens is 616 g/mol. The maximum Gasteiger partial charge on any atom is 0.327 e. The zero-order valence-electron chi connectivity index (χ0n) is 16.1. The van der Waals surface area contributed by atoms with Gasteiger partial charge < -0.3 is 4.74 Å². The number of halogens is 2. The van der Waals surface area contributed by atoms with Crippen molar-refractivity contribution in [3.8, 4) is 0 Å². The van der Waals surface area contributed by atoms with Crippen molar-refractivity contribution in [2.24, 2.45) is 0 Å². The van der Waals surface area contributed by atoms with Crippen molar-refractivity contribution in [1.29, 1.82) is 0 Å². The van der Waals surface area contributed by atoms with Crippen LogP contribution in [0.3, 0.4) is 0 Å². The Bertz CT molecular complexity index is 1070. The van der Waals surface area contributed by atoms with E-state index in [4.69, 9.17) is 4.74 Å². The summed E-state index contributed by atoms with van der Waals surface area (Å²) in [6.07, 6.45) is 1.47. The number of carbonyl (C=O) groups is 1. The summed E-state index contributed by atoms with van der Waals surface area (Å²) in [5, 5.41) is 0. The summed E-state index contributed by atoms with van der Waals surface area (Å²) in [5.74, 6) is -0.510. The molecule has 154 valence electrons. The Hall–Kier alpha value is -0.880. The number of sulfonamides is 1. The molecule has 0 radical (unpaired) electrons. The van der Waals surface area contributed by atoms with E-state index in [0.717, 1.165) is 29.5 Å². The van der Waals surface area contributed by atoms with Gasteiger partial charge in [-0.15, -0.1) is 0 Å². The highest BCUT2D eigenvalue weighted by Gasteiger charge is 2.53. The smallest absolute Gasteiger partial charge is 0.327 e. The molecule has 4 rings (SSSR count). The van der Waals surface area contributed by atoms with Gasteiger partial charge >= 0.3 is 5.97 Å². The molecule has 29 heavy (non-hydrogen) atoms. The van der Waals surface area contributed by atoms with Gasteiger partial charge in [-0.2, -0.15) is 0 Å². The summed E-state index contributed by atoms with van der Waals surface area (Å²) in [7, 11) is -3.93. The van der Waals surface area contributed by atoms with Gasteiger partial charge in [0, 0.05) is 3.92 Å². The van der Waals surface area contributed by atoms with Crippen molar-refractivity contribution in [1.82, 2.24) is 0 Å². The third-order valence-electron chi connectivity index (χ3n) is 5.64. The van der Waals surface area contributed by atoms with Gasteiger partial charge in [-0.05, 0) is 49.9 Å². The largest absolute Gasteiger partial charge is 0.458 e. The maximum atomic E-state index is 13.6. The summed E-state index contributed by atoms with van der Waals surface area (Å²) >= 11 is 4.72. The predicted octanol–water partition coefficient (Wildman–Crippen LogP) is 4.65. The average molecular weight is 637 g/mol. The highest BCUT2D eigenvalue weighted by atomic mass is 127. The van der Waals surface area contributed by atoms with Gasteiger partial charge in [0.05, 0.1) is 14.0 Å². The van der Waals surface area contributed by atoms with E-state index in [1.807, 2.05) is 32.0 Å². The number of fused-ring (bicyclic) bond motifs is 3. The lowest BCUT2D eigenvalue weighted by Crippen LogP contribution is -2.46. The molecule has 5 nitrogen and oxygen atoms in total. The molecule has 0 N–H and O–H groups in total. The Morgan fingerprint density at radius 3 is 2.52 bits per heavy atom. The van der Waals surface area contributed by atoms with E-state index >= 15 is 0 Å². The van der Waals surface area contributed by atoms with Gasteiger partial charge in [-0.25, -0.2) is 8.42 Å². The van der Waals surface area contributed by atoms with E-state index in [0.29, 0.717) is 5.69 Å². The minimum Gasteiger partial charge on any atom is -0.458 e. The number of para-hydroxylation sites is 1. The first-order chi connectivity index (χ1) is 13.6. The van der Waals surface area contributed by atoms with E-state index in [9.17, 15) is 13.2 Å². The number of hydrogen-bond donors (Lipinski definition) is 0. The summed E-state index contributed by atoms with van der Waals surface area (Å²) < 4.78 is 34.0. The Morgan fingerprint density at radius 2 is 1.83 bits per heavy atom. The van der Waals surface area contributed by atoms with E-state index in [1.54, 1.807) is 24.3 Å². The van der Waals surface area contributed by atoms with Crippen molar-refractivity contribution < 1.29 is 17.9 Å². The minimum absolute atomic E-state index is 0.169. The molecule has 8 heteroatoms. The van der Waals surface area contributed by atoms with Crippen LogP contribution >= 0.6 is 45.2 Å². The van der Waals surface area contributed by atoms with E-state index < -0.39 is 19.4 Å². The van der Waals surface area contributed by atoms with Crippen molar-refractivity contribution in [2.75, 3.05) is 10.8 Å². The van der Waals surface area contributed by atoms with Crippen LogP contribution < -0.4 is 4.31 Å². The predicted molar refractivity (Wildman–Crippen MR) is 130 cm³/mol. The molecule has 2 aliphatic rings. The van der Waals surface area contributed by atoms with Crippen molar-refractivity contribution in [3.05, 3.63) is 59.2 Å². The van der Waals surface area contributed by atoms with Crippen molar-refractivity contribution in [2.45, 2.75) is 45.0 Å². The number of carbonyl (C=O) groups excluding carboxylic acids is 1. The molecule has 1 saturated carbocycles. The van der Waals surface area contributed by atoms with Crippen LogP contribution in [0, 0.1) is 13.8 Å². The lowest BCUT2D eigenvalue weighted by atomic mass is 9.91. The summed E-state index contributed by atoms with van der Waals surface area (Å²) in [6, 6.07) is 12.5. The van der Waals surface area contributed by atoms with Gasteiger partial charge in [0.1, 0.15) is 12.6 Å². The Morgan fingerprint density at radius 1 is 1.14 bits per heavy atom. The van der Waals surface area contributed by atoms with Gasteiger partial charge in [-0.1, -0.05) is 81.1 Å². The molecule has 1 fully saturated rings. The quantitative estimate of drug-likeness (QED) is 0.274. The first-order valence-corrected chi connectivity index (χ1v) is 13.1. The standard InChI is InChI=1S/C21H21I2NO4S/c1-13-6-8-15(9-7-13)29(26,27)24-12-18(25)28-20-17(22)10-11-21(20,23)16-5-3-4-14(2)19(16)24/h3-9,17,20H,10-12H2,1-2H3/t17-,20+,21-/m1/s1. The fourth-order valence-corrected chi connectivity index (χ4v) is 8.69. The van der Waals surface area contributed by atoms with Gasteiger partial charge in [0.25, 0.3) is 10.0 Å². The first-order valence-electron chi connectivity index (χ1n) is 9.36. The average Bonchev–Trinajstić information content (AvgIpc) is 2.94. The van der Waals surface area contributed by atoms with Gasteiger partial charge in [0.2, 0.25) is 0 Å². The summed E-state index contributed by atoms with van der Waals surface area (Å²) in [5.41, 5.74) is 3.33. The second-order valence-electron chi connectivity index (χ2n) is 7.62. The van der Waals surface area contributed by atoms with Crippen molar-refractivity contribution in [3.63, 3.8) is 0 Å². The molecule has 0 unspecified atom stereocenters. The van der Waals surface area contributed by atoms with E-state index in [1.165, 1.54) is 4.31 Å². The second kappa shape index (κ2) is 7.67. The zero-order valence-corrected chi connectivity index (χ0v) is 21.2. The third-order valence-corrected chi connectivity index (χ3v) is 10.4. The molecule has 2 aromatic carbocycles. The van der Waals surface area contributed by atoms with Crippen LogP contribution in [0.15, 0.2) is 47.4 Å². The monoisotopic (exact) mass is 637 g/mol. The SMILES string of the molecule is Cc1ccc(S(=O)(=O)N2CC(=O)O[C@H]3[C@H](I)CC[C@@]3(I)c3cccc(C)c32)cc1. The Labute approximate surface area is 198 Å². The van der Waals surface area contributed by atoms with Crippen LogP contribution in [-0.2, 0) is 23.0 Å². The van der Waals surface area contributed by atoms with E-state index in [-0.39, 0.29) is 21.5 Å². The fourth-order valence-electron chi connectivity index (χ4n) is 4.13. The van der Waals surface area contributed by atoms with Crippen LogP contribution in [0.5, 0.6) is 0 Å². The number of anilines is 1. The van der Waals surface area contributed by atoms with Crippen molar-refractivity contribution >= 4 is 66.9 Å². The Kier molecular flexibility index (Phi) is 5.65. The molecule has 1 aliphatic heterocycles. The van der Waals surface area contributed by atoms with Gasteiger partial charge in [-0.3, -0.25) is 9.10 Å². The first kappa shape index (κ1) is 21.4. The molecule has 2 aromatic rings. The number of hydrogen-bond acceptors (Lipinski definition) is 4. The summed E-state index contributed by atoms with van der Waals surface area (Å²) in [4.78, 5) is 13.0. The molecule has 0 bridgehead atoms. The van der Waals surface area contributed by atoms with Gasteiger partial charge in [0.15, 0.2) is 0 Å². The van der Waals surface area contributed by atoms with Crippen LogP contribution in [0.1, 0.15) is 29.5 Å². The number of alkyl halides is 2. The highest BCUT2D eigenvalue weighted by Crippen LogP contribution is 2.55. The highest BCUT2D eigenvalue weighted by molar-refractivity contribution is 14.1. The zero-order chi connectivity index (χ0) is 21.0. The maximum absolute atomic E-state index is 13.6. The lowest BCUT2D eigenvalue weighted by molar-refractivity contribution is -0.147. The number of aryl methyl sites for hydroxylation is 2. The molecule has 0 amide bonds. The molecule has 0 saturated heterocycles. The molecule has 1 aliphatic carbocycles. The fraction of sp³-hybridized carbons (Fsp3) is 0.381. The number of benzene rings is 2. The second-order valence-corrected chi connectivity index (χ2v) is 13.0. The lowest BCUT2D eigenvalue weighted by Gasteiger charge is -2.39. The van der Waals surface area contributed by atoms with Crippen LogP contribution in [0.25, 0.3) is 0 Å². The van der Waals surface area contributed by atoms with Crippen LogP contribution in [-0.4, -0.2) is 31.0 Å². The van der Waals surface area contributed by atoms with Crippen LogP contribution in [0.2, 0.25) is 0 Å². The topological polar surface area (TPSA) is 63.7 Å². The molecule has 0 aromatic heterocycles.